The van der Waals surface area contributed by atoms with Gasteiger partial charge in [-0.15, -0.1) is 6.58 Å². The Morgan fingerprint density at radius 2 is 1.84 bits per heavy atom. The van der Waals surface area contributed by atoms with Gasteiger partial charge in [0, 0.05) is 12.1 Å². The lowest BCUT2D eigenvalue weighted by Crippen LogP contribution is -2.60. The molecule has 0 aromatic carbocycles. The van der Waals surface area contributed by atoms with Gasteiger partial charge in [0.15, 0.2) is 0 Å². The van der Waals surface area contributed by atoms with Gasteiger partial charge in [-0.2, -0.15) is 0 Å². The molecule has 3 nitrogen and oxygen atoms in total. The minimum absolute atomic E-state index is 0.415. The second-order valence-electron chi connectivity index (χ2n) is 6.38. The topological polar surface area (TPSA) is 32.7 Å². The molecule has 19 heavy (non-hydrogen) atoms. The van der Waals surface area contributed by atoms with Crippen LogP contribution in [0.15, 0.2) is 12.7 Å². The molecular weight excluding hydrogens is 238 g/mol. The molecule has 0 saturated carbocycles. The van der Waals surface area contributed by atoms with Gasteiger partial charge in [0.05, 0.1) is 18.8 Å². The van der Waals surface area contributed by atoms with E-state index in [2.05, 4.69) is 18.5 Å². The lowest BCUT2D eigenvalue weighted by atomic mass is 9.78. The van der Waals surface area contributed by atoms with Crippen LogP contribution in [-0.2, 0) is 4.74 Å². The second-order valence-corrected chi connectivity index (χ2v) is 6.38. The highest BCUT2D eigenvalue weighted by atomic mass is 16.5. The average Bonchev–Trinajstić information content (AvgIpc) is 2.36. The predicted octanol–water partition coefficient (Wildman–Crippen LogP) is 2.74. The summed E-state index contributed by atoms with van der Waals surface area (Å²) in [5, 5.41) is 10.8. The SMILES string of the molecule is C=CCCCCCCC1(O)CC2COCC(C1)N2C. The molecule has 2 unspecified atom stereocenters. The van der Waals surface area contributed by atoms with E-state index >= 15 is 0 Å². The zero-order valence-electron chi connectivity index (χ0n) is 12.3. The molecule has 2 heterocycles. The van der Waals surface area contributed by atoms with Crippen molar-refractivity contribution in [2.75, 3.05) is 20.3 Å². The number of aliphatic hydroxyl groups is 1. The van der Waals surface area contributed by atoms with Gasteiger partial charge in [-0.05, 0) is 39.2 Å². The third kappa shape index (κ3) is 4.04. The number of fused-ring (bicyclic) bond motifs is 2. The van der Waals surface area contributed by atoms with Crippen molar-refractivity contribution in [3.8, 4) is 0 Å². The van der Waals surface area contributed by atoms with Crippen LogP contribution in [0.1, 0.15) is 51.4 Å². The molecule has 0 aliphatic carbocycles. The number of unbranched alkanes of at least 4 members (excludes halogenated alkanes) is 4. The van der Waals surface area contributed by atoms with Gasteiger partial charge >= 0.3 is 0 Å². The fraction of sp³-hybridized carbons (Fsp3) is 0.875. The van der Waals surface area contributed by atoms with Gasteiger partial charge in [-0.3, -0.25) is 4.90 Å². The van der Waals surface area contributed by atoms with Crippen molar-refractivity contribution in [3.63, 3.8) is 0 Å². The molecule has 2 fully saturated rings. The van der Waals surface area contributed by atoms with Crippen LogP contribution >= 0.6 is 0 Å². The first-order valence-electron chi connectivity index (χ1n) is 7.77. The molecule has 2 aliphatic heterocycles. The molecule has 2 aliphatic rings. The Kier molecular flexibility index (Phi) is 5.43. The Bertz CT molecular complexity index is 278. The van der Waals surface area contributed by atoms with E-state index in [0.29, 0.717) is 12.1 Å². The minimum atomic E-state index is -0.440. The molecule has 0 aromatic rings. The molecule has 1 N–H and O–H groups in total. The molecular formula is C16H29NO2. The molecule has 110 valence electrons. The Morgan fingerprint density at radius 1 is 1.21 bits per heavy atom. The van der Waals surface area contributed by atoms with Gasteiger partial charge in [0.1, 0.15) is 0 Å². The molecule has 0 amide bonds. The van der Waals surface area contributed by atoms with Crippen molar-refractivity contribution in [3.05, 3.63) is 12.7 Å². The summed E-state index contributed by atoms with van der Waals surface area (Å²) in [6, 6.07) is 0.830. The van der Waals surface area contributed by atoms with Gasteiger partial charge in [-0.25, -0.2) is 0 Å². The lowest BCUT2D eigenvalue weighted by Gasteiger charge is -2.50. The number of hydrogen-bond acceptors (Lipinski definition) is 3. The van der Waals surface area contributed by atoms with Crippen LogP contribution in [0.25, 0.3) is 0 Å². The van der Waals surface area contributed by atoms with Crippen molar-refractivity contribution >= 4 is 0 Å². The van der Waals surface area contributed by atoms with Gasteiger partial charge < -0.3 is 9.84 Å². The summed E-state index contributed by atoms with van der Waals surface area (Å²) in [5.41, 5.74) is -0.440. The Morgan fingerprint density at radius 3 is 2.47 bits per heavy atom. The van der Waals surface area contributed by atoms with Crippen LogP contribution in [0, 0.1) is 0 Å². The molecule has 0 aromatic heterocycles. The summed E-state index contributed by atoms with van der Waals surface area (Å²) in [7, 11) is 2.17. The normalized spacial score (nSPS) is 35.3. The molecule has 2 bridgehead atoms. The maximum absolute atomic E-state index is 10.8. The number of rotatable bonds is 7. The average molecular weight is 267 g/mol. The van der Waals surface area contributed by atoms with Crippen molar-refractivity contribution in [2.24, 2.45) is 0 Å². The summed E-state index contributed by atoms with van der Waals surface area (Å²) in [6.07, 6.45) is 10.7. The summed E-state index contributed by atoms with van der Waals surface area (Å²) >= 11 is 0. The van der Waals surface area contributed by atoms with Crippen LogP contribution in [0.5, 0.6) is 0 Å². The third-order valence-corrected chi connectivity index (χ3v) is 4.80. The Labute approximate surface area is 117 Å². The van der Waals surface area contributed by atoms with Crippen LogP contribution < -0.4 is 0 Å². The summed E-state index contributed by atoms with van der Waals surface area (Å²) in [4.78, 5) is 2.40. The highest BCUT2D eigenvalue weighted by Gasteiger charge is 2.43. The first-order chi connectivity index (χ1) is 9.14. The highest BCUT2D eigenvalue weighted by Crippen LogP contribution is 2.36. The van der Waals surface area contributed by atoms with Crippen molar-refractivity contribution in [1.29, 1.82) is 0 Å². The van der Waals surface area contributed by atoms with Crippen LogP contribution in [0.3, 0.4) is 0 Å². The van der Waals surface area contributed by atoms with E-state index < -0.39 is 5.60 Å². The number of piperidine rings is 1. The van der Waals surface area contributed by atoms with Crippen molar-refractivity contribution < 1.29 is 9.84 Å². The van der Waals surface area contributed by atoms with Gasteiger partial charge in [-0.1, -0.05) is 25.3 Å². The molecule has 2 rings (SSSR count). The smallest absolute Gasteiger partial charge is 0.0679 e. The largest absolute Gasteiger partial charge is 0.390 e. The third-order valence-electron chi connectivity index (χ3n) is 4.80. The zero-order chi connectivity index (χ0) is 13.7. The first kappa shape index (κ1) is 15.0. The van der Waals surface area contributed by atoms with E-state index in [4.69, 9.17) is 4.74 Å². The monoisotopic (exact) mass is 267 g/mol. The predicted molar refractivity (Wildman–Crippen MR) is 78.2 cm³/mol. The first-order valence-corrected chi connectivity index (χ1v) is 7.77. The van der Waals surface area contributed by atoms with Gasteiger partial charge in [0.25, 0.3) is 0 Å². The van der Waals surface area contributed by atoms with Crippen molar-refractivity contribution in [1.82, 2.24) is 4.90 Å². The van der Waals surface area contributed by atoms with Crippen LogP contribution in [-0.4, -0.2) is 48.0 Å². The highest BCUT2D eigenvalue weighted by molar-refractivity contribution is 4.97. The standard InChI is InChI=1S/C16H29NO2/c1-3-4-5-6-7-8-9-16(18)10-14-12-19-13-15(11-16)17(14)2/h3,14-15,18H,1,4-13H2,2H3. The summed E-state index contributed by atoms with van der Waals surface area (Å²) < 4.78 is 5.61. The van der Waals surface area contributed by atoms with E-state index in [9.17, 15) is 5.11 Å². The second kappa shape index (κ2) is 6.87. The van der Waals surface area contributed by atoms with E-state index in [1.807, 2.05) is 6.08 Å². The fourth-order valence-electron chi connectivity index (χ4n) is 3.54. The molecule has 0 spiro atoms. The lowest BCUT2D eigenvalue weighted by molar-refractivity contribution is -0.137. The van der Waals surface area contributed by atoms with E-state index in [1.165, 1.54) is 19.3 Å². The summed E-state index contributed by atoms with van der Waals surface area (Å²) in [5.74, 6) is 0. The number of allylic oxidation sites excluding steroid dienone is 1. The van der Waals surface area contributed by atoms with Crippen LogP contribution in [0.4, 0.5) is 0 Å². The van der Waals surface area contributed by atoms with E-state index in [0.717, 1.165) is 45.3 Å². The molecule has 3 heteroatoms. The maximum Gasteiger partial charge on any atom is 0.0679 e. The quantitative estimate of drug-likeness (QED) is 0.569. The zero-order valence-corrected chi connectivity index (χ0v) is 12.3. The van der Waals surface area contributed by atoms with Gasteiger partial charge in [0.2, 0.25) is 0 Å². The molecule has 2 atom stereocenters. The number of likely N-dealkylation sites (N-methyl/N-ethyl adjacent to an activating group) is 1. The molecule has 0 radical (unpaired) electrons. The minimum Gasteiger partial charge on any atom is -0.390 e. The van der Waals surface area contributed by atoms with Crippen molar-refractivity contribution in [2.45, 2.75) is 69.1 Å². The Balaban J connectivity index is 1.72. The van der Waals surface area contributed by atoms with Crippen LogP contribution in [0.2, 0.25) is 0 Å². The van der Waals surface area contributed by atoms with E-state index in [1.54, 1.807) is 0 Å². The van der Waals surface area contributed by atoms with E-state index in [-0.39, 0.29) is 0 Å². The number of nitrogens with zero attached hydrogens (tertiary/aromatic N) is 1. The maximum atomic E-state index is 10.8. The number of ether oxygens (including phenoxy) is 1. The number of morpholine rings is 1. The number of hydrogen-bond donors (Lipinski definition) is 1. The summed E-state index contributed by atoms with van der Waals surface area (Å²) in [6.45, 7) is 5.32. The Hall–Kier alpha value is -0.380. The molecule has 2 saturated heterocycles. The fourth-order valence-corrected chi connectivity index (χ4v) is 3.54.